The monoisotopic (exact) mass is 295 g/mol. The minimum Gasteiger partial charge on any atom is -0.389 e. The molecule has 1 aromatic rings. The first kappa shape index (κ1) is 15.2. The van der Waals surface area contributed by atoms with E-state index in [1.807, 2.05) is 6.07 Å². The minimum absolute atomic E-state index is 0.0933. The van der Waals surface area contributed by atoms with Crippen LogP contribution in [-0.4, -0.2) is 35.6 Å². The number of likely N-dealkylation sites (tertiary alicyclic amines) is 1. The van der Waals surface area contributed by atoms with Gasteiger partial charge in [0.05, 0.1) is 0 Å². The summed E-state index contributed by atoms with van der Waals surface area (Å²) in [6.45, 7) is 5.35. The molecule has 1 aromatic carbocycles. The Bertz CT molecular complexity index is 472. The predicted octanol–water partition coefficient (Wildman–Crippen LogP) is 2.75. The molecule has 0 bridgehead atoms. The third-order valence-electron chi connectivity index (χ3n) is 3.85. The van der Waals surface area contributed by atoms with Gasteiger partial charge in [-0.2, -0.15) is 0 Å². The molecule has 1 heterocycles. The maximum absolute atomic E-state index is 13.8. The van der Waals surface area contributed by atoms with Crippen LogP contribution in [0.15, 0.2) is 18.2 Å². The molecule has 0 aromatic heterocycles. The molecule has 1 unspecified atom stereocenters. The Hall–Kier alpha value is -1.20. The second kappa shape index (κ2) is 6.99. The summed E-state index contributed by atoms with van der Waals surface area (Å²) >= 11 is 4.80. The second-order valence-electron chi connectivity index (χ2n) is 5.39. The van der Waals surface area contributed by atoms with E-state index in [1.54, 1.807) is 6.07 Å². The number of nitrogens with zero attached hydrogens (tertiary/aromatic N) is 1. The van der Waals surface area contributed by atoms with Gasteiger partial charge in [-0.05, 0) is 51.1 Å². The summed E-state index contributed by atoms with van der Waals surface area (Å²) in [4.78, 5) is 2.58. The largest absolute Gasteiger partial charge is 0.389 e. The molecule has 3 nitrogen and oxygen atoms in total. The Labute approximate surface area is 125 Å². The second-order valence-corrected chi connectivity index (χ2v) is 5.83. The van der Waals surface area contributed by atoms with Crippen LogP contribution in [-0.2, 0) is 0 Å². The van der Waals surface area contributed by atoms with Crippen LogP contribution in [0.3, 0.4) is 0 Å². The van der Waals surface area contributed by atoms with Gasteiger partial charge in [-0.25, -0.2) is 4.39 Å². The van der Waals surface area contributed by atoms with Crippen molar-refractivity contribution in [3.05, 3.63) is 29.6 Å². The molecule has 1 fully saturated rings. The first-order valence-corrected chi connectivity index (χ1v) is 7.56. The predicted molar refractivity (Wildman–Crippen MR) is 85.7 cm³/mol. The number of nitrogens with two attached hydrogens (primary N) is 1. The maximum atomic E-state index is 13.8. The summed E-state index contributed by atoms with van der Waals surface area (Å²) in [5.41, 5.74) is 6.52. The number of hydrogen-bond donors (Lipinski definition) is 2. The van der Waals surface area contributed by atoms with Gasteiger partial charge in [0.25, 0.3) is 0 Å². The first-order valence-electron chi connectivity index (χ1n) is 7.15. The molecule has 1 atom stereocenters. The topological polar surface area (TPSA) is 41.3 Å². The first-order chi connectivity index (χ1) is 9.58. The van der Waals surface area contributed by atoms with E-state index in [1.165, 1.54) is 25.3 Å². The smallest absolute Gasteiger partial charge is 0.135 e. The highest BCUT2D eigenvalue weighted by molar-refractivity contribution is 7.80. The highest BCUT2D eigenvalue weighted by atomic mass is 32.1. The van der Waals surface area contributed by atoms with Crippen LogP contribution in [0.2, 0.25) is 0 Å². The van der Waals surface area contributed by atoms with E-state index in [-0.39, 0.29) is 10.8 Å². The average molecular weight is 295 g/mol. The summed E-state index contributed by atoms with van der Waals surface area (Å²) < 4.78 is 13.8. The maximum Gasteiger partial charge on any atom is 0.135 e. The highest BCUT2D eigenvalue weighted by Gasteiger charge is 2.16. The third-order valence-corrected chi connectivity index (χ3v) is 4.07. The van der Waals surface area contributed by atoms with Gasteiger partial charge in [-0.1, -0.05) is 18.6 Å². The van der Waals surface area contributed by atoms with Gasteiger partial charge >= 0.3 is 0 Å². The summed E-state index contributed by atoms with van der Waals surface area (Å²) in [6, 6.07) is 5.36. The Morgan fingerprint density at radius 3 is 2.70 bits per heavy atom. The van der Waals surface area contributed by atoms with Crippen molar-refractivity contribution in [3.8, 4) is 0 Å². The van der Waals surface area contributed by atoms with E-state index in [9.17, 15) is 4.39 Å². The zero-order valence-electron chi connectivity index (χ0n) is 11.9. The molecule has 1 saturated heterocycles. The standard InChI is InChI=1S/C15H22FN3S/c1-11(19-7-3-2-4-8-19)10-18-12-5-6-13(15(17)20)14(16)9-12/h5-6,9,11,18H,2-4,7-8,10H2,1H3,(H2,17,20). The van der Waals surface area contributed by atoms with Crippen LogP contribution < -0.4 is 11.1 Å². The number of halogens is 1. The lowest BCUT2D eigenvalue weighted by molar-refractivity contribution is 0.180. The molecule has 3 N–H and O–H groups in total. The number of thiocarbonyl (C=S) groups is 1. The van der Waals surface area contributed by atoms with Crippen molar-refractivity contribution in [1.82, 2.24) is 4.90 Å². The van der Waals surface area contributed by atoms with Gasteiger partial charge < -0.3 is 11.1 Å². The van der Waals surface area contributed by atoms with E-state index in [0.29, 0.717) is 11.6 Å². The van der Waals surface area contributed by atoms with Crippen LogP contribution in [0.1, 0.15) is 31.7 Å². The lowest BCUT2D eigenvalue weighted by atomic mass is 10.1. The fourth-order valence-corrected chi connectivity index (χ4v) is 2.74. The number of benzene rings is 1. The molecule has 0 aliphatic carbocycles. The SMILES string of the molecule is CC(CNc1ccc(C(N)=S)c(F)c1)N1CCCCC1. The number of nitrogens with one attached hydrogen (secondary N) is 1. The molecule has 0 saturated carbocycles. The Balaban J connectivity index is 1.90. The molecule has 2 rings (SSSR count). The number of rotatable bonds is 5. The van der Waals surface area contributed by atoms with Gasteiger partial charge in [-0.3, -0.25) is 4.90 Å². The number of piperidine rings is 1. The Kier molecular flexibility index (Phi) is 5.31. The van der Waals surface area contributed by atoms with Crippen molar-refractivity contribution in [2.24, 2.45) is 5.73 Å². The van der Waals surface area contributed by atoms with E-state index >= 15 is 0 Å². The minimum atomic E-state index is -0.367. The van der Waals surface area contributed by atoms with Crippen LogP contribution in [0.25, 0.3) is 0 Å². The van der Waals surface area contributed by atoms with Crippen LogP contribution in [0.5, 0.6) is 0 Å². The average Bonchev–Trinajstić information content (AvgIpc) is 2.45. The normalized spacial score (nSPS) is 17.7. The molecule has 1 aliphatic heterocycles. The lowest BCUT2D eigenvalue weighted by Gasteiger charge is -2.32. The lowest BCUT2D eigenvalue weighted by Crippen LogP contribution is -2.41. The fourth-order valence-electron chi connectivity index (χ4n) is 2.58. The van der Waals surface area contributed by atoms with E-state index in [2.05, 4.69) is 17.1 Å². The fraction of sp³-hybridized carbons (Fsp3) is 0.533. The quantitative estimate of drug-likeness (QED) is 0.820. The Morgan fingerprint density at radius 1 is 1.40 bits per heavy atom. The van der Waals surface area contributed by atoms with Gasteiger partial charge in [0, 0.05) is 23.8 Å². The third kappa shape index (κ3) is 3.90. The zero-order valence-corrected chi connectivity index (χ0v) is 12.7. The van der Waals surface area contributed by atoms with Crippen molar-refractivity contribution in [2.75, 3.05) is 25.0 Å². The van der Waals surface area contributed by atoms with E-state index < -0.39 is 0 Å². The molecule has 110 valence electrons. The number of hydrogen-bond acceptors (Lipinski definition) is 3. The van der Waals surface area contributed by atoms with Crippen LogP contribution >= 0.6 is 12.2 Å². The summed E-state index contributed by atoms with van der Waals surface area (Å²) in [5.74, 6) is -0.367. The van der Waals surface area contributed by atoms with Gasteiger partial charge in [0.2, 0.25) is 0 Å². The summed E-state index contributed by atoms with van der Waals surface area (Å²) in [5, 5.41) is 3.28. The van der Waals surface area contributed by atoms with Crippen molar-refractivity contribution < 1.29 is 4.39 Å². The molecular formula is C15H22FN3S. The molecule has 20 heavy (non-hydrogen) atoms. The summed E-state index contributed by atoms with van der Waals surface area (Å²) in [7, 11) is 0. The van der Waals surface area contributed by atoms with Gasteiger partial charge in [-0.15, -0.1) is 0 Å². The van der Waals surface area contributed by atoms with Crippen LogP contribution in [0, 0.1) is 5.82 Å². The van der Waals surface area contributed by atoms with Crippen molar-refractivity contribution in [1.29, 1.82) is 0 Å². The number of anilines is 1. The van der Waals surface area contributed by atoms with Crippen LogP contribution in [0.4, 0.5) is 10.1 Å². The van der Waals surface area contributed by atoms with Crippen molar-refractivity contribution >= 4 is 22.9 Å². The molecule has 1 aliphatic rings. The molecule has 0 amide bonds. The molecule has 0 spiro atoms. The molecule has 0 radical (unpaired) electrons. The van der Waals surface area contributed by atoms with Crippen molar-refractivity contribution in [3.63, 3.8) is 0 Å². The van der Waals surface area contributed by atoms with Gasteiger partial charge in [0.1, 0.15) is 10.8 Å². The van der Waals surface area contributed by atoms with E-state index in [0.717, 1.165) is 25.3 Å². The molecular weight excluding hydrogens is 273 g/mol. The van der Waals surface area contributed by atoms with Crippen molar-refractivity contribution in [2.45, 2.75) is 32.2 Å². The molecule has 5 heteroatoms. The zero-order chi connectivity index (χ0) is 14.5. The van der Waals surface area contributed by atoms with E-state index in [4.69, 9.17) is 18.0 Å². The summed E-state index contributed by atoms with van der Waals surface area (Å²) in [6.07, 6.45) is 3.89. The Morgan fingerprint density at radius 2 is 2.10 bits per heavy atom. The highest BCUT2D eigenvalue weighted by Crippen LogP contribution is 2.16. The van der Waals surface area contributed by atoms with Gasteiger partial charge in [0.15, 0.2) is 0 Å².